The zero-order valence-corrected chi connectivity index (χ0v) is 22.7. The van der Waals surface area contributed by atoms with E-state index in [0.29, 0.717) is 24.5 Å². The van der Waals surface area contributed by atoms with Gasteiger partial charge in [0.2, 0.25) is 5.89 Å². The van der Waals surface area contributed by atoms with Gasteiger partial charge in [0, 0.05) is 11.5 Å². The Bertz CT molecular complexity index is 1730. The fourth-order valence-corrected chi connectivity index (χ4v) is 5.14. The number of carboxylic acid groups (broad SMARTS) is 1. The smallest absolute Gasteiger partial charge is 0.335 e. The zero-order valence-electron chi connectivity index (χ0n) is 22.7. The van der Waals surface area contributed by atoms with Crippen LogP contribution < -0.4 is 11.0 Å². The van der Waals surface area contributed by atoms with Crippen molar-refractivity contribution in [3.8, 4) is 6.07 Å². The molecular weight excluding hydrogens is 543 g/mol. The fourth-order valence-electron chi connectivity index (χ4n) is 5.14. The Hall–Kier alpha value is -5.06. The summed E-state index contributed by atoms with van der Waals surface area (Å²) in [5.41, 5.74) is 3.17. The van der Waals surface area contributed by atoms with E-state index >= 15 is 0 Å². The number of nitriles is 1. The predicted molar refractivity (Wildman–Crippen MR) is 148 cm³/mol. The van der Waals surface area contributed by atoms with Crippen LogP contribution in [-0.4, -0.2) is 53.5 Å². The first-order valence-corrected chi connectivity index (χ1v) is 13.2. The molecule has 0 unspecified atom stereocenters. The highest BCUT2D eigenvalue weighted by Gasteiger charge is 2.25. The average molecular weight is 573 g/mol. The summed E-state index contributed by atoms with van der Waals surface area (Å²) < 4.78 is 21.6. The van der Waals surface area contributed by atoms with Gasteiger partial charge >= 0.3 is 5.97 Å². The van der Waals surface area contributed by atoms with Crippen LogP contribution in [-0.2, 0) is 19.7 Å². The maximum atomic E-state index is 14.2. The average Bonchev–Trinajstić information content (AvgIpc) is 3.74. The number of benzene rings is 2. The number of oxazole rings is 1. The van der Waals surface area contributed by atoms with Crippen molar-refractivity contribution in [1.29, 1.82) is 5.26 Å². The number of hydrogen-bond donors (Lipinski definition) is 2. The van der Waals surface area contributed by atoms with Crippen LogP contribution in [0.3, 0.4) is 0 Å². The van der Waals surface area contributed by atoms with E-state index in [1.807, 2.05) is 16.7 Å². The minimum Gasteiger partial charge on any atom is -0.478 e. The van der Waals surface area contributed by atoms with E-state index in [2.05, 4.69) is 15.0 Å². The lowest BCUT2D eigenvalue weighted by atomic mass is 9.94. The third-order valence-corrected chi connectivity index (χ3v) is 7.34. The summed E-state index contributed by atoms with van der Waals surface area (Å²) in [7, 11) is 0. The molecule has 12 nitrogen and oxygen atoms in total. The van der Waals surface area contributed by atoms with Crippen LogP contribution in [0.1, 0.15) is 57.7 Å². The first kappa shape index (κ1) is 28.5. The van der Waals surface area contributed by atoms with Crippen molar-refractivity contribution in [3.63, 3.8) is 0 Å². The van der Waals surface area contributed by atoms with Gasteiger partial charge in [-0.05, 0) is 62.3 Å². The molecule has 1 saturated heterocycles. The summed E-state index contributed by atoms with van der Waals surface area (Å²) in [6, 6.07) is 13.1. The summed E-state index contributed by atoms with van der Waals surface area (Å²) in [6.45, 7) is 2.61. The van der Waals surface area contributed by atoms with Gasteiger partial charge in [-0.25, -0.2) is 19.2 Å². The molecule has 0 atom stereocenters. The van der Waals surface area contributed by atoms with Crippen LogP contribution in [0.25, 0.3) is 11.0 Å². The Morgan fingerprint density at radius 1 is 1.17 bits per heavy atom. The van der Waals surface area contributed by atoms with Gasteiger partial charge < -0.3 is 25.1 Å². The summed E-state index contributed by atoms with van der Waals surface area (Å²) >= 11 is 0. The summed E-state index contributed by atoms with van der Waals surface area (Å²) in [5.74, 6) is 0.109. The van der Waals surface area contributed by atoms with Crippen LogP contribution in [0, 0.1) is 17.1 Å². The summed E-state index contributed by atoms with van der Waals surface area (Å²) in [5, 5.41) is 22.9. The topological polar surface area (TPSA) is 170 Å². The number of halogens is 1. The SMILES string of the molecule is N.N#Cc1ccc(COn2ccc(C3CCN(Cc4nc5ccc(C(=O)O)cc5n4Cc4ncco4)CC3)n2)c(F)c1. The lowest BCUT2D eigenvalue weighted by molar-refractivity contribution is 0.0666. The molecule has 216 valence electrons. The first-order valence-electron chi connectivity index (χ1n) is 13.2. The molecule has 3 aromatic heterocycles. The fraction of sp³-hybridized carbons (Fsp3) is 0.276. The second-order valence-corrected chi connectivity index (χ2v) is 9.93. The molecule has 42 heavy (non-hydrogen) atoms. The number of carboxylic acids is 1. The van der Waals surface area contributed by atoms with E-state index in [1.54, 1.807) is 42.7 Å². The Morgan fingerprint density at radius 3 is 2.71 bits per heavy atom. The molecule has 0 radical (unpaired) electrons. The molecule has 1 fully saturated rings. The van der Waals surface area contributed by atoms with Crippen molar-refractivity contribution in [2.75, 3.05) is 13.1 Å². The van der Waals surface area contributed by atoms with E-state index < -0.39 is 11.8 Å². The van der Waals surface area contributed by atoms with E-state index in [9.17, 15) is 14.3 Å². The number of imidazole rings is 1. The molecule has 6 rings (SSSR count). The van der Waals surface area contributed by atoms with Gasteiger partial charge in [-0.15, -0.1) is 9.94 Å². The maximum Gasteiger partial charge on any atom is 0.335 e. The highest BCUT2D eigenvalue weighted by Crippen LogP contribution is 2.28. The Morgan fingerprint density at radius 2 is 2.00 bits per heavy atom. The Kier molecular flexibility index (Phi) is 8.28. The van der Waals surface area contributed by atoms with Crippen LogP contribution in [0.5, 0.6) is 0 Å². The number of aromatic carboxylic acids is 1. The second kappa shape index (κ2) is 12.2. The highest BCUT2D eigenvalue weighted by molar-refractivity contribution is 5.92. The molecule has 0 aliphatic carbocycles. The molecular formula is C29H29FN8O4. The third kappa shape index (κ3) is 5.99. The maximum absolute atomic E-state index is 14.2. The van der Waals surface area contributed by atoms with Gasteiger partial charge in [-0.3, -0.25) is 4.90 Å². The van der Waals surface area contributed by atoms with Gasteiger partial charge in [0.15, 0.2) is 0 Å². The zero-order chi connectivity index (χ0) is 28.3. The van der Waals surface area contributed by atoms with Crippen molar-refractivity contribution < 1.29 is 23.5 Å². The van der Waals surface area contributed by atoms with Gasteiger partial charge in [0.1, 0.15) is 31.1 Å². The van der Waals surface area contributed by atoms with E-state index in [-0.39, 0.29) is 29.8 Å². The Labute approximate surface area is 240 Å². The van der Waals surface area contributed by atoms with Crippen molar-refractivity contribution in [3.05, 3.63) is 101 Å². The van der Waals surface area contributed by atoms with Crippen molar-refractivity contribution in [1.82, 2.24) is 35.5 Å². The first-order chi connectivity index (χ1) is 20.0. The van der Waals surface area contributed by atoms with Crippen LogP contribution in [0.2, 0.25) is 0 Å². The van der Waals surface area contributed by atoms with Gasteiger partial charge in [-0.2, -0.15) is 5.26 Å². The minimum absolute atomic E-state index is 0. The van der Waals surface area contributed by atoms with Crippen LogP contribution in [0.4, 0.5) is 4.39 Å². The molecule has 0 bridgehead atoms. The standard InChI is InChI=1S/C29H26FN7O4.H3N/c30-23-13-19(15-31)1-2-22(23)18-41-37-11-7-24(34-37)20-5-9-35(10-6-20)16-27-33-25-4-3-21(29(38)39)14-26(25)36(27)17-28-32-8-12-40-28;/h1-4,7-8,11-14,20H,5-6,9-10,16-18H2,(H,38,39);1H3. The van der Waals surface area contributed by atoms with Gasteiger partial charge in [0.25, 0.3) is 0 Å². The molecule has 1 aliphatic rings. The molecule has 13 heteroatoms. The number of rotatable bonds is 9. The van der Waals surface area contributed by atoms with Crippen LogP contribution in [0.15, 0.2) is 65.5 Å². The number of fused-ring (bicyclic) bond motifs is 1. The summed E-state index contributed by atoms with van der Waals surface area (Å²) in [6.07, 6.45) is 6.60. The highest BCUT2D eigenvalue weighted by atomic mass is 19.1. The van der Waals surface area contributed by atoms with E-state index in [0.717, 1.165) is 48.5 Å². The molecule has 1 aliphatic heterocycles. The normalized spacial score (nSPS) is 14.0. The molecule has 2 aromatic carbocycles. The second-order valence-electron chi connectivity index (χ2n) is 9.93. The number of carbonyl (C=O) groups is 1. The monoisotopic (exact) mass is 572 g/mol. The van der Waals surface area contributed by atoms with E-state index in [1.165, 1.54) is 17.2 Å². The molecule has 0 amide bonds. The minimum atomic E-state index is -0.992. The molecule has 5 aromatic rings. The number of nitrogens with zero attached hydrogens (tertiary/aromatic N) is 7. The molecule has 4 N–H and O–H groups in total. The van der Waals surface area contributed by atoms with E-state index in [4.69, 9.17) is 19.5 Å². The number of piperidine rings is 1. The largest absolute Gasteiger partial charge is 0.478 e. The summed E-state index contributed by atoms with van der Waals surface area (Å²) in [4.78, 5) is 29.9. The van der Waals surface area contributed by atoms with Crippen molar-refractivity contribution in [2.24, 2.45) is 0 Å². The lowest BCUT2D eigenvalue weighted by Crippen LogP contribution is -2.33. The third-order valence-electron chi connectivity index (χ3n) is 7.34. The van der Waals surface area contributed by atoms with Crippen molar-refractivity contribution >= 4 is 17.0 Å². The lowest BCUT2D eigenvalue weighted by Gasteiger charge is -2.31. The number of aromatic nitrogens is 5. The molecule has 0 saturated carbocycles. The van der Waals surface area contributed by atoms with Gasteiger partial charge in [-0.1, -0.05) is 6.07 Å². The quantitative estimate of drug-likeness (QED) is 0.261. The Balaban J connectivity index is 0.00000353. The molecule has 4 heterocycles. The molecule has 0 spiro atoms. The number of hydrogen-bond acceptors (Lipinski definition) is 9. The predicted octanol–water partition coefficient (Wildman–Crippen LogP) is 4.15. The number of likely N-dealkylation sites (tertiary alicyclic amines) is 1. The van der Waals surface area contributed by atoms with Crippen LogP contribution >= 0.6 is 0 Å². The van der Waals surface area contributed by atoms with Gasteiger partial charge in [0.05, 0.1) is 52.9 Å². The van der Waals surface area contributed by atoms with Crippen molar-refractivity contribution in [2.45, 2.75) is 38.5 Å².